The third kappa shape index (κ3) is 6.05. The summed E-state index contributed by atoms with van der Waals surface area (Å²) in [5.41, 5.74) is 4.26. The number of carbonyl (C=O) groups is 1. The molecule has 1 aromatic carbocycles. The molecule has 3 heterocycles. The van der Waals surface area contributed by atoms with E-state index in [1.165, 1.54) is 0 Å². The zero-order chi connectivity index (χ0) is 25.8. The Labute approximate surface area is 211 Å². The van der Waals surface area contributed by atoms with Gasteiger partial charge in [0.2, 0.25) is 0 Å². The van der Waals surface area contributed by atoms with Gasteiger partial charge in [0.1, 0.15) is 5.82 Å². The number of benzene rings is 1. The Morgan fingerprint density at radius 2 is 2.08 bits per heavy atom. The van der Waals surface area contributed by atoms with Crippen LogP contribution >= 0.6 is 0 Å². The predicted octanol–water partition coefficient (Wildman–Crippen LogP) is 4.15. The minimum atomic E-state index is -0.787. The number of ether oxygens (including phenoxy) is 2. The molecule has 1 aliphatic heterocycles. The summed E-state index contributed by atoms with van der Waals surface area (Å²) in [5.74, 6) is -0.157. The number of hydrogen-bond acceptors (Lipinski definition) is 6. The number of hydrogen-bond donors (Lipinski definition) is 2. The molecule has 0 aliphatic carbocycles. The van der Waals surface area contributed by atoms with Gasteiger partial charge in [-0.15, -0.1) is 0 Å². The Kier molecular flexibility index (Phi) is 8.26. The second-order valence-corrected chi connectivity index (χ2v) is 10.1. The normalized spacial score (nSPS) is 17.9. The van der Waals surface area contributed by atoms with Crippen molar-refractivity contribution in [3.05, 3.63) is 51.9 Å². The first kappa shape index (κ1) is 26.1. The topological polar surface area (TPSA) is 106 Å². The third-order valence-corrected chi connectivity index (χ3v) is 6.80. The van der Waals surface area contributed by atoms with Crippen molar-refractivity contribution in [2.24, 2.45) is 5.92 Å². The molecule has 1 fully saturated rings. The van der Waals surface area contributed by atoms with Gasteiger partial charge in [-0.05, 0) is 83.6 Å². The molecule has 2 N–H and O–H groups in total. The lowest BCUT2D eigenvalue weighted by Crippen LogP contribution is -2.30. The van der Waals surface area contributed by atoms with Gasteiger partial charge in [0.05, 0.1) is 41.8 Å². The standard InChI is InChI=1S/C28H37N3O5/c1-17(2)36-28(34)23(19(4)32)10-8-20-9-11-25-24(14-20)30-26(21-13-18(3)27(33)29-15-21)31(25)16-22-7-5-6-12-35-22/h9,11,13-15,17,19,22-23,32H,5-8,10,12,16H2,1-4H3,(H,29,33)/t19-,22?,23+/m1/s1. The Hall–Kier alpha value is -2.97. The van der Waals surface area contributed by atoms with Gasteiger partial charge in [-0.1, -0.05) is 6.07 Å². The molecule has 0 radical (unpaired) electrons. The Bertz CT molecular complexity index is 1250. The summed E-state index contributed by atoms with van der Waals surface area (Å²) in [4.78, 5) is 32.2. The molecule has 0 saturated carbocycles. The molecule has 0 spiro atoms. The molecule has 2 aromatic heterocycles. The quantitative estimate of drug-likeness (QED) is 0.432. The summed E-state index contributed by atoms with van der Waals surface area (Å²) in [7, 11) is 0. The van der Waals surface area contributed by atoms with Gasteiger partial charge >= 0.3 is 5.97 Å². The highest BCUT2D eigenvalue weighted by molar-refractivity contribution is 5.81. The van der Waals surface area contributed by atoms with Gasteiger partial charge in [0.25, 0.3) is 5.56 Å². The number of carbonyl (C=O) groups excluding carboxylic acids is 1. The van der Waals surface area contributed by atoms with E-state index < -0.39 is 12.0 Å². The van der Waals surface area contributed by atoms with Crippen LogP contribution in [-0.4, -0.2) is 50.5 Å². The van der Waals surface area contributed by atoms with Crippen molar-refractivity contribution in [2.45, 2.75) is 84.7 Å². The third-order valence-electron chi connectivity index (χ3n) is 6.80. The average molecular weight is 496 g/mol. The smallest absolute Gasteiger partial charge is 0.311 e. The molecular weight excluding hydrogens is 458 g/mol. The molecule has 8 nitrogen and oxygen atoms in total. The summed E-state index contributed by atoms with van der Waals surface area (Å²) in [6, 6.07) is 8.03. The Morgan fingerprint density at radius 3 is 2.75 bits per heavy atom. The minimum absolute atomic E-state index is 0.108. The van der Waals surface area contributed by atoms with E-state index in [9.17, 15) is 14.7 Å². The Morgan fingerprint density at radius 1 is 1.28 bits per heavy atom. The van der Waals surface area contributed by atoms with E-state index in [4.69, 9.17) is 14.5 Å². The second-order valence-electron chi connectivity index (χ2n) is 10.1. The van der Waals surface area contributed by atoms with Crippen molar-refractivity contribution in [1.82, 2.24) is 14.5 Å². The number of nitrogens with one attached hydrogen (secondary N) is 1. The fourth-order valence-electron chi connectivity index (χ4n) is 4.82. The van der Waals surface area contributed by atoms with E-state index in [-0.39, 0.29) is 23.7 Å². The van der Waals surface area contributed by atoms with Crippen LogP contribution in [0.15, 0.2) is 35.3 Å². The first-order valence-corrected chi connectivity index (χ1v) is 12.9. The van der Waals surface area contributed by atoms with Crippen molar-refractivity contribution in [3.8, 4) is 11.4 Å². The molecule has 1 unspecified atom stereocenters. The number of nitrogens with zero attached hydrogens (tertiary/aromatic N) is 2. The lowest BCUT2D eigenvalue weighted by Gasteiger charge is -2.24. The number of pyridine rings is 1. The van der Waals surface area contributed by atoms with Crippen LogP contribution in [0.1, 0.15) is 57.6 Å². The highest BCUT2D eigenvalue weighted by Crippen LogP contribution is 2.28. The number of aryl methyl sites for hydroxylation is 2. The number of fused-ring (bicyclic) bond motifs is 1. The molecule has 0 bridgehead atoms. The zero-order valence-corrected chi connectivity index (χ0v) is 21.6. The first-order valence-electron chi connectivity index (χ1n) is 12.9. The Balaban J connectivity index is 1.64. The molecule has 194 valence electrons. The van der Waals surface area contributed by atoms with E-state index in [0.29, 0.717) is 24.9 Å². The predicted molar refractivity (Wildman–Crippen MR) is 139 cm³/mol. The van der Waals surface area contributed by atoms with E-state index in [1.54, 1.807) is 33.9 Å². The van der Waals surface area contributed by atoms with Gasteiger partial charge in [0.15, 0.2) is 0 Å². The number of aromatic nitrogens is 3. The van der Waals surface area contributed by atoms with Crippen LogP contribution in [0.25, 0.3) is 22.4 Å². The molecule has 8 heteroatoms. The maximum absolute atomic E-state index is 12.4. The summed E-state index contributed by atoms with van der Waals surface area (Å²) in [5, 5.41) is 10.2. The van der Waals surface area contributed by atoms with Crippen LogP contribution in [0.5, 0.6) is 0 Å². The largest absolute Gasteiger partial charge is 0.463 e. The van der Waals surface area contributed by atoms with Crippen molar-refractivity contribution >= 4 is 17.0 Å². The number of aromatic amines is 1. The van der Waals surface area contributed by atoms with Gasteiger partial charge < -0.3 is 24.1 Å². The number of rotatable bonds is 9. The summed E-state index contributed by atoms with van der Waals surface area (Å²) in [6.45, 7) is 8.50. The number of aliphatic hydroxyl groups excluding tert-OH is 1. The van der Waals surface area contributed by atoms with Crippen LogP contribution < -0.4 is 5.56 Å². The maximum Gasteiger partial charge on any atom is 0.311 e. The van der Waals surface area contributed by atoms with Gasteiger partial charge in [-0.3, -0.25) is 9.59 Å². The van der Waals surface area contributed by atoms with E-state index >= 15 is 0 Å². The molecule has 1 aliphatic rings. The molecule has 36 heavy (non-hydrogen) atoms. The van der Waals surface area contributed by atoms with Crippen LogP contribution in [-0.2, 0) is 27.2 Å². The molecule has 4 rings (SSSR count). The van der Waals surface area contributed by atoms with E-state index in [0.717, 1.165) is 53.9 Å². The second kappa shape index (κ2) is 11.4. The van der Waals surface area contributed by atoms with E-state index in [2.05, 4.69) is 21.7 Å². The zero-order valence-electron chi connectivity index (χ0n) is 21.6. The molecule has 3 atom stereocenters. The maximum atomic E-state index is 12.4. The number of imidazole rings is 1. The lowest BCUT2D eigenvalue weighted by atomic mass is 9.95. The van der Waals surface area contributed by atoms with E-state index in [1.807, 2.05) is 12.1 Å². The van der Waals surface area contributed by atoms with Gasteiger partial charge in [0, 0.05) is 23.9 Å². The molecule has 1 saturated heterocycles. The van der Waals surface area contributed by atoms with Crippen molar-refractivity contribution in [1.29, 1.82) is 0 Å². The van der Waals surface area contributed by atoms with Gasteiger partial charge in [-0.25, -0.2) is 4.98 Å². The lowest BCUT2D eigenvalue weighted by molar-refractivity contribution is -0.156. The highest BCUT2D eigenvalue weighted by Gasteiger charge is 2.26. The van der Waals surface area contributed by atoms with Crippen molar-refractivity contribution in [2.75, 3.05) is 6.61 Å². The number of aliphatic hydroxyl groups is 1. The first-order chi connectivity index (χ1) is 17.2. The van der Waals surface area contributed by atoms with Crippen LogP contribution in [0.3, 0.4) is 0 Å². The van der Waals surface area contributed by atoms with Crippen LogP contribution in [0.2, 0.25) is 0 Å². The monoisotopic (exact) mass is 495 g/mol. The minimum Gasteiger partial charge on any atom is -0.463 e. The van der Waals surface area contributed by atoms with Crippen LogP contribution in [0, 0.1) is 12.8 Å². The molecule has 0 amide bonds. The number of H-pyrrole nitrogens is 1. The highest BCUT2D eigenvalue weighted by atomic mass is 16.5. The SMILES string of the molecule is Cc1cc(-c2nc3cc(CC[C@H](C(=O)OC(C)C)[C@@H](C)O)ccc3n2CC2CCCCO2)c[nH]c1=O. The van der Waals surface area contributed by atoms with Gasteiger partial charge in [-0.2, -0.15) is 0 Å². The summed E-state index contributed by atoms with van der Waals surface area (Å²) >= 11 is 0. The van der Waals surface area contributed by atoms with Crippen molar-refractivity contribution in [3.63, 3.8) is 0 Å². The van der Waals surface area contributed by atoms with Crippen molar-refractivity contribution < 1.29 is 19.4 Å². The summed E-state index contributed by atoms with van der Waals surface area (Å²) < 4.78 is 13.5. The molecular formula is C28H37N3O5. The number of esters is 1. The molecule has 3 aromatic rings. The fourth-order valence-corrected chi connectivity index (χ4v) is 4.82. The summed E-state index contributed by atoms with van der Waals surface area (Å²) in [6.07, 6.45) is 5.18. The fraction of sp³-hybridized carbons (Fsp3) is 0.536. The van der Waals surface area contributed by atoms with Crippen LogP contribution in [0.4, 0.5) is 0 Å². The average Bonchev–Trinajstić information content (AvgIpc) is 3.18.